The first-order valence-corrected chi connectivity index (χ1v) is 11.0. The molecule has 10 heteroatoms. The number of piperidine rings is 1. The number of hydrogen-bond acceptors (Lipinski definition) is 6. The molecule has 8 nitrogen and oxygen atoms in total. The highest BCUT2D eigenvalue weighted by Crippen LogP contribution is 2.27. The average Bonchev–Trinajstić information content (AvgIpc) is 2.66. The van der Waals surface area contributed by atoms with Gasteiger partial charge in [-0.25, -0.2) is 18.2 Å². The molecule has 1 aromatic heterocycles. The normalized spacial score (nSPS) is 17.3. The van der Waals surface area contributed by atoms with Crippen LogP contribution in [0.2, 0.25) is 5.15 Å². The Morgan fingerprint density at radius 1 is 1.36 bits per heavy atom. The number of sulfonamides is 1. The van der Waals surface area contributed by atoms with E-state index in [-0.39, 0.29) is 40.9 Å². The predicted molar refractivity (Wildman–Crippen MR) is 104 cm³/mol. The molecule has 0 aliphatic carbocycles. The Morgan fingerprint density at radius 3 is 2.54 bits per heavy atom. The molecular weight excluding hydrogens is 406 g/mol. The van der Waals surface area contributed by atoms with Gasteiger partial charge in [-0.2, -0.15) is 4.31 Å². The molecular formula is C18H26ClN3O5S. The Morgan fingerprint density at radius 2 is 2.00 bits per heavy atom. The van der Waals surface area contributed by atoms with Crippen LogP contribution in [-0.4, -0.2) is 55.8 Å². The molecule has 28 heavy (non-hydrogen) atoms. The molecule has 0 aromatic carbocycles. The molecule has 2 rings (SSSR count). The Kier molecular flexibility index (Phi) is 7.79. The van der Waals surface area contributed by atoms with E-state index in [4.69, 9.17) is 16.3 Å². The number of pyridine rings is 1. The Balaban J connectivity index is 2.00. The SMILES string of the molecule is COC(=O)C(CC(C)C)NC(=O)C1CCN(S(=O)(=O)c2cccnc2Cl)CC1. The van der Waals surface area contributed by atoms with Gasteiger partial charge in [0.25, 0.3) is 0 Å². The third-order valence-corrected chi connectivity index (χ3v) is 7.02. The van der Waals surface area contributed by atoms with Crippen molar-refractivity contribution >= 4 is 33.5 Å². The van der Waals surface area contributed by atoms with Crippen molar-refractivity contribution < 1.29 is 22.7 Å². The average molecular weight is 432 g/mol. The molecule has 0 saturated carbocycles. The van der Waals surface area contributed by atoms with Gasteiger partial charge in [0.1, 0.15) is 16.1 Å². The number of aromatic nitrogens is 1. The summed E-state index contributed by atoms with van der Waals surface area (Å²) < 4.78 is 31.6. The van der Waals surface area contributed by atoms with E-state index in [9.17, 15) is 18.0 Å². The van der Waals surface area contributed by atoms with Gasteiger partial charge in [0.15, 0.2) is 0 Å². The minimum absolute atomic E-state index is 0.0396. The maximum Gasteiger partial charge on any atom is 0.328 e. The van der Waals surface area contributed by atoms with Crippen LogP contribution in [0.4, 0.5) is 0 Å². The second-order valence-corrected chi connectivity index (χ2v) is 9.45. The van der Waals surface area contributed by atoms with Gasteiger partial charge in [-0.1, -0.05) is 25.4 Å². The van der Waals surface area contributed by atoms with Crippen molar-refractivity contribution in [1.29, 1.82) is 0 Å². The lowest BCUT2D eigenvalue weighted by Crippen LogP contribution is -2.48. The number of methoxy groups -OCH3 is 1. The van der Waals surface area contributed by atoms with E-state index in [0.717, 1.165) is 0 Å². The molecule has 1 fully saturated rings. The lowest BCUT2D eigenvalue weighted by atomic mass is 9.96. The summed E-state index contributed by atoms with van der Waals surface area (Å²) in [6.45, 7) is 4.29. The van der Waals surface area contributed by atoms with Crippen LogP contribution in [0.25, 0.3) is 0 Å². The van der Waals surface area contributed by atoms with Crippen LogP contribution in [0, 0.1) is 11.8 Å². The van der Waals surface area contributed by atoms with E-state index < -0.39 is 22.0 Å². The topological polar surface area (TPSA) is 106 Å². The van der Waals surface area contributed by atoms with Gasteiger partial charge >= 0.3 is 5.97 Å². The number of esters is 1. The third-order valence-electron chi connectivity index (χ3n) is 4.68. The molecule has 1 aromatic rings. The zero-order chi connectivity index (χ0) is 20.9. The molecule has 1 unspecified atom stereocenters. The minimum atomic E-state index is -3.77. The maximum atomic E-state index is 12.8. The molecule has 0 bridgehead atoms. The summed E-state index contributed by atoms with van der Waals surface area (Å²) in [6, 6.07) is 2.23. The van der Waals surface area contributed by atoms with E-state index in [1.165, 1.54) is 29.7 Å². The number of nitrogens with zero attached hydrogens (tertiary/aromatic N) is 2. The summed E-state index contributed by atoms with van der Waals surface area (Å²) in [7, 11) is -2.48. The zero-order valence-electron chi connectivity index (χ0n) is 16.2. The number of ether oxygens (including phenoxy) is 1. The Hall–Kier alpha value is -1.71. The van der Waals surface area contributed by atoms with Crippen molar-refractivity contribution in [2.75, 3.05) is 20.2 Å². The minimum Gasteiger partial charge on any atom is -0.467 e. The summed E-state index contributed by atoms with van der Waals surface area (Å²) in [6.07, 6.45) is 2.62. The highest BCUT2D eigenvalue weighted by atomic mass is 35.5. The number of rotatable bonds is 7. The molecule has 0 spiro atoms. The van der Waals surface area contributed by atoms with Crippen LogP contribution in [-0.2, 0) is 24.3 Å². The van der Waals surface area contributed by atoms with Crippen molar-refractivity contribution in [2.24, 2.45) is 11.8 Å². The summed E-state index contributed by atoms with van der Waals surface area (Å²) in [5, 5.41) is 2.68. The second kappa shape index (κ2) is 9.67. The third kappa shape index (κ3) is 5.42. The summed E-state index contributed by atoms with van der Waals surface area (Å²) >= 11 is 5.92. The van der Waals surface area contributed by atoms with Gasteiger partial charge in [0.05, 0.1) is 7.11 Å². The first-order chi connectivity index (χ1) is 13.2. The molecule has 1 amide bonds. The van der Waals surface area contributed by atoms with Crippen LogP contribution < -0.4 is 5.32 Å². The van der Waals surface area contributed by atoms with Crippen molar-refractivity contribution in [2.45, 2.75) is 44.0 Å². The van der Waals surface area contributed by atoms with Gasteiger partial charge in [-0.15, -0.1) is 0 Å². The number of halogens is 1. The number of hydrogen-bond donors (Lipinski definition) is 1. The molecule has 0 radical (unpaired) electrons. The van der Waals surface area contributed by atoms with E-state index >= 15 is 0 Å². The highest BCUT2D eigenvalue weighted by Gasteiger charge is 2.34. The van der Waals surface area contributed by atoms with Gasteiger partial charge in [-0.3, -0.25) is 4.79 Å². The van der Waals surface area contributed by atoms with Gasteiger partial charge in [0.2, 0.25) is 15.9 Å². The first-order valence-electron chi connectivity index (χ1n) is 9.15. The number of carbonyl (C=O) groups is 2. The van der Waals surface area contributed by atoms with Crippen LogP contribution in [0.3, 0.4) is 0 Å². The van der Waals surface area contributed by atoms with Crippen molar-refractivity contribution in [3.8, 4) is 0 Å². The summed E-state index contributed by atoms with van der Waals surface area (Å²) in [4.78, 5) is 28.2. The van der Waals surface area contributed by atoms with Crippen molar-refractivity contribution in [1.82, 2.24) is 14.6 Å². The van der Waals surface area contributed by atoms with E-state index in [0.29, 0.717) is 19.3 Å². The van der Waals surface area contributed by atoms with E-state index in [1.807, 2.05) is 13.8 Å². The van der Waals surface area contributed by atoms with E-state index in [2.05, 4.69) is 10.3 Å². The molecule has 1 aliphatic heterocycles. The van der Waals surface area contributed by atoms with Crippen molar-refractivity contribution in [3.63, 3.8) is 0 Å². The molecule has 1 aliphatic rings. The van der Waals surface area contributed by atoms with Crippen molar-refractivity contribution in [3.05, 3.63) is 23.5 Å². The monoisotopic (exact) mass is 431 g/mol. The highest BCUT2D eigenvalue weighted by molar-refractivity contribution is 7.89. The van der Waals surface area contributed by atoms with Crippen LogP contribution in [0.5, 0.6) is 0 Å². The number of carbonyl (C=O) groups excluding carboxylic acids is 2. The fraction of sp³-hybridized carbons (Fsp3) is 0.611. The maximum absolute atomic E-state index is 12.8. The molecule has 1 atom stereocenters. The fourth-order valence-corrected chi connectivity index (χ4v) is 5.08. The summed E-state index contributed by atoms with van der Waals surface area (Å²) in [5.41, 5.74) is 0. The standard InChI is InChI=1S/C18H26ClN3O5S/c1-12(2)11-14(18(24)27-3)21-17(23)13-6-9-22(10-7-13)28(25,26)15-5-4-8-20-16(15)19/h4-5,8,12-14H,6-7,9-11H2,1-3H3,(H,21,23). The molecule has 1 N–H and O–H groups in total. The molecule has 156 valence electrons. The van der Waals surface area contributed by atoms with E-state index in [1.54, 1.807) is 0 Å². The zero-order valence-corrected chi connectivity index (χ0v) is 17.8. The fourth-order valence-electron chi connectivity index (χ4n) is 3.18. The Labute approximate surface area is 170 Å². The molecule has 1 saturated heterocycles. The van der Waals surface area contributed by atoms with Crippen LogP contribution in [0.1, 0.15) is 33.1 Å². The lowest BCUT2D eigenvalue weighted by molar-refractivity contribution is -0.146. The summed E-state index contributed by atoms with van der Waals surface area (Å²) in [5.74, 6) is -0.892. The smallest absolute Gasteiger partial charge is 0.328 e. The van der Waals surface area contributed by atoms with Gasteiger partial charge in [-0.05, 0) is 37.3 Å². The quantitative estimate of drug-likeness (QED) is 0.521. The number of nitrogens with one attached hydrogen (secondary N) is 1. The number of amides is 1. The second-order valence-electron chi connectivity index (χ2n) is 7.18. The first kappa shape index (κ1) is 22.6. The lowest BCUT2D eigenvalue weighted by Gasteiger charge is -2.31. The van der Waals surface area contributed by atoms with Crippen LogP contribution >= 0.6 is 11.6 Å². The Bertz CT molecular complexity index is 807. The molecule has 2 heterocycles. The van der Waals surface area contributed by atoms with Crippen LogP contribution in [0.15, 0.2) is 23.2 Å². The van der Waals surface area contributed by atoms with Gasteiger partial charge in [0, 0.05) is 25.2 Å². The predicted octanol–water partition coefficient (Wildman–Crippen LogP) is 1.84. The largest absolute Gasteiger partial charge is 0.467 e. The van der Waals surface area contributed by atoms with Gasteiger partial charge < -0.3 is 10.1 Å².